The van der Waals surface area contributed by atoms with Gasteiger partial charge in [-0.3, -0.25) is 14.6 Å². The average molecular weight is 430 g/mol. The summed E-state index contributed by atoms with van der Waals surface area (Å²) >= 11 is 0. The van der Waals surface area contributed by atoms with Crippen molar-refractivity contribution in [3.8, 4) is 5.75 Å². The van der Waals surface area contributed by atoms with Crippen LogP contribution >= 0.6 is 0 Å². The molecule has 0 spiro atoms. The van der Waals surface area contributed by atoms with Gasteiger partial charge in [0.1, 0.15) is 5.52 Å². The lowest BCUT2D eigenvalue weighted by Crippen LogP contribution is -2.62. The van der Waals surface area contributed by atoms with Crippen molar-refractivity contribution >= 4 is 34.7 Å². The molecule has 0 bridgehead atoms. The summed E-state index contributed by atoms with van der Waals surface area (Å²) in [6.07, 6.45) is 1.48. The second-order valence-electron chi connectivity index (χ2n) is 6.65. The Hall–Kier alpha value is -3.49. The number of aromatic nitrogens is 1. The molecule has 0 saturated carbocycles. The Balaban J connectivity index is 2.64. The van der Waals surface area contributed by atoms with Crippen LogP contribution in [0.25, 0.3) is 10.9 Å². The van der Waals surface area contributed by atoms with E-state index in [0.29, 0.717) is 16.5 Å². The molecule has 0 fully saturated rings. The molecule has 0 unspecified atom stereocenters. The van der Waals surface area contributed by atoms with Gasteiger partial charge in [0.15, 0.2) is 5.75 Å². The smallest absolute Gasteiger partial charge is 0.344 e. The summed E-state index contributed by atoms with van der Waals surface area (Å²) in [6, 6.07) is 6.53. The number of carbonyl (C=O) groups excluding carboxylic acids is 4. The summed E-state index contributed by atoms with van der Waals surface area (Å²) in [6.45, 7) is 6.07. The van der Waals surface area contributed by atoms with Crippen molar-refractivity contribution in [2.75, 3.05) is 13.2 Å². The third kappa shape index (κ3) is 5.36. The highest BCUT2D eigenvalue weighted by Crippen LogP contribution is 2.30. The Morgan fingerprint density at radius 1 is 1.00 bits per heavy atom. The molecular weight excluding hydrogens is 404 g/mol. The molecule has 0 atom stereocenters. The SMILES string of the molecule is CCOC(=O)C(Cc1ccc(OC(=O)CC)c2ncccc12)(NC(C)=O)C(=O)OCC. The number of benzene rings is 1. The second kappa shape index (κ2) is 10.5. The Labute approximate surface area is 180 Å². The largest absolute Gasteiger partial charge is 0.464 e. The third-order valence-corrected chi connectivity index (χ3v) is 4.43. The van der Waals surface area contributed by atoms with Crippen LogP contribution in [0.2, 0.25) is 0 Å². The summed E-state index contributed by atoms with van der Waals surface area (Å²) in [5, 5.41) is 2.99. The quantitative estimate of drug-likeness (QED) is 0.365. The van der Waals surface area contributed by atoms with Crippen molar-refractivity contribution in [2.24, 2.45) is 0 Å². The zero-order chi connectivity index (χ0) is 23.0. The summed E-state index contributed by atoms with van der Waals surface area (Å²) in [7, 11) is 0. The van der Waals surface area contributed by atoms with Crippen molar-refractivity contribution in [3.63, 3.8) is 0 Å². The van der Waals surface area contributed by atoms with Crippen LogP contribution < -0.4 is 10.1 Å². The van der Waals surface area contributed by atoms with Crippen molar-refractivity contribution in [2.45, 2.75) is 46.1 Å². The molecule has 9 heteroatoms. The molecule has 1 N–H and O–H groups in total. The Bertz CT molecular complexity index is 969. The van der Waals surface area contributed by atoms with Gasteiger partial charge in [-0.1, -0.05) is 19.1 Å². The van der Waals surface area contributed by atoms with Gasteiger partial charge >= 0.3 is 17.9 Å². The molecule has 0 aliphatic rings. The number of rotatable bonds is 9. The van der Waals surface area contributed by atoms with Crippen LogP contribution in [0.4, 0.5) is 0 Å². The molecule has 0 aliphatic carbocycles. The number of nitrogens with one attached hydrogen (secondary N) is 1. The van der Waals surface area contributed by atoms with Gasteiger partial charge in [0.05, 0.1) is 13.2 Å². The number of nitrogens with zero attached hydrogens (tertiary/aromatic N) is 1. The fraction of sp³-hybridized carbons (Fsp3) is 0.409. The maximum absolute atomic E-state index is 12.9. The topological polar surface area (TPSA) is 121 Å². The van der Waals surface area contributed by atoms with Gasteiger partial charge in [-0.05, 0) is 31.5 Å². The number of esters is 3. The molecule has 1 aromatic heterocycles. The molecule has 0 radical (unpaired) electrons. The molecule has 1 aromatic carbocycles. The zero-order valence-corrected chi connectivity index (χ0v) is 18.0. The zero-order valence-electron chi connectivity index (χ0n) is 18.0. The molecule has 2 aromatic rings. The molecule has 31 heavy (non-hydrogen) atoms. The third-order valence-electron chi connectivity index (χ3n) is 4.43. The molecule has 1 amide bonds. The lowest BCUT2D eigenvalue weighted by molar-refractivity contribution is -0.168. The predicted octanol–water partition coefficient (Wildman–Crippen LogP) is 2.09. The number of ether oxygens (including phenoxy) is 3. The second-order valence-corrected chi connectivity index (χ2v) is 6.65. The first kappa shape index (κ1) is 23.8. The minimum atomic E-state index is -2.08. The summed E-state index contributed by atoms with van der Waals surface area (Å²) in [5.41, 5.74) is -1.19. The van der Waals surface area contributed by atoms with Gasteiger partial charge in [-0.25, -0.2) is 9.59 Å². The van der Waals surface area contributed by atoms with Crippen LogP contribution in [0.15, 0.2) is 30.5 Å². The van der Waals surface area contributed by atoms with Crippen molar-refractivity contribution in [3.05, 3.63) is 36.0 Å². The van der Waals surface area contributed by atoms with Crippen LogP contribution in [0, 0.1) is 0 Å². The summed E-state index contributed by atoms with van der Waals surface area (Å²) < 4.78 is 15.6. The monoisotopic (exact) mass is 430 g/mol. The number of fused-ring (bicyclic) bond motifs is 1. The Morgan fingerprint density at radius 2 is 1.65 bits per heavy atom. The van der Waals surface area contributed by atoms with Gasteiger partial charge in [0, 0.05) is 31.3 Å². The number of hydrogen-bond donors (Lipinski definition) is 1. The normalized spacial score (nSPS) is 11.0. The molecule has 166 valence electrons. The number of carbonyl (C=O) groups is 4. The fourth-order valence-electron chi connectivity index (χ4n) is 3.11. The van der Waals surface area contributed by atoms with E-state index in [1.54, 1.807) is 39.0 Å². The number of pyridine rings is 1. The summed E-state index contributed by atoms with van der Waals surface area (Å²) in [4.78, 5) is 53.8. The Kier molecular flexibility index (Phi) is 8.07. The lowest BCUT2D eigenvalue weighted by Gasteiger charge is -2.30. The molecule has 0 saturated heterocycles. The molecule has 0 aliphatic heterocycles. The van der Waals surface area contributed by atoms with E-state index in [2.05, 4.69) is 10.3 Å². The van der Waals surface area contributed by atoms with Gasteiger partial charge in [0.2, 0.25) is 11.4 Å². The van der Waals surface area contributed by atoms with Gasteiger partial charge in [-0.15, -0.1) is 0 Å². The van der Waals surface area contributed by atoms with E-state index in [1.807, 2.05) is 0 Å². The van der Waals surface area contributed by atoms with Gasteiger partial charge < -0.3 is 19.5 Å². The Morgan fingerprint density at radius 3 is 2.19 bits per heavy atom. The maximum atomic E-state index is 12.9. The molecular formula is C22H26N2O7. The van der Waals surface area contributed by atoms with Gasteiger partial charge in [-0.2, -0.15) is 0 Å². The standard InChI is InChI=1S/C22H26N2O7/c1-5-18(26)31-17-11-10-15(16-9-8-12-23-19(16)17)13-22(24-14(4)25,20(27)29-6-2)21(28)30-7-3/h8-12H,5-7,13H2,1-4H3,(H,24,25). The first-order chi connectivity index (χ1) is 14.8. The maximum Gasteiger partial charge on any atom is 0.344 e. The highest BCUT2D eigenvalue weighted by molar-refractivity contribution is 6.08. The fourth-order valence-corrected chi connectivity index (χ4v) is 3.11. The summed E-state index contributed by atoms with van der Waals surface area (Å²) in [5.74, 6) is -2.63. The van der Waals surface area contributed by atoms with E-state index in [0.717, 1.165) is 0 Å². The van der Waals surface area contributed by atoms with Crippen LogP contribution in [0.3, 0.4) is 0 Å². The van der Waals surface area contributed by atoms with E-state index in [1.165, 1.54) is 19.2 Å². The number of amides is 1. The van der Waals surface area contributed by atoms with Crippen molar-refractivity contribution in [1.29, 1.82) is 0 Å². The van der Waals surface area contributed by atoms with Crippen LogP contribution in [0.5, 0.6) is 5.75 Å². The lowest BCUT2D eigenvalue weighted by atomic mass is 9.88. The van der Waals surface area contributed by atoms with E-state index in [4.69, 9.17) is 14.2 Å². The number of hydrogen-bond acceptors (Lipinski definition) is 8. The highest BCUT2D eigenvalue weighted by atomic mass is 16.6. The first-order valence-electron chi connectivity index (χ1n) is 9.99. The predicted molar refractivity (Wildman–Crippen MR) is 111 cm³/mol. The van der Waals surface area contributed by atoms with Crippen molar-refractivity contribution < 1.29 is 33.4 Å². The minimum absolute atomic E-state index is 0.00772. The van der Waals surface area contributed by atoms with Crippen LogP contribution in [-0.4, -0.2) is 47.6 Å². The van der Waals surface area contributed by atoms with Crippen LogP contribution in [0.1, 0.15) is 39.7 Å². The minimum Gasteiger partial charge on any atom is -0.464 e. The van der Waals surface area contributed by atoms with Crippen LogP contribution in [-0.2, 0) is 35.1 Å². The molecule has 2 rings (SSSR count). The van der Waals surface area contributed by atoms with E-state index in [9.17, 15) is 19.2 Å². The average Bonchev–Trinajstić information content (AvgIpc) is 2.74. The molecule has 1 heterocycles. The van der Waals surface area contributed by atoms with E-state index >= 15 is 0 Å². The van der Waals surface area contributed by atoms with Gasteiger partial charge in [0.25, 0.3) is 0 Å². The van der Waals surface area contributed by atoms with Crippen molar-refractivity contribution in [1.82, 2.24) is 10.3 Å². The highest BCUT2D eigenvalue weighted by Gasteiger charge is 2.50. The first-order valence-corrected chi connectivity index (χ1v) is 9.99. The molecule has 9 nitrogen and oxygen atoms in total. The van der Waals surface area contributed by atoms with E-state index in [-0.39, 0.29) is 31.8 Å². The van der Waals surface area contributed by atoms with E-state index < -0.39 is 29.4 Å².